The molecule has 2 aromatic carbocycles. The first-order valence-corrected chi connectivity index (χ1v) is 6.83. The first-order chi connectivity index (χ1) is 9.79. The van der Waals surface area contributed by atoms with Gasteiger partial charge in [-0.1, -0.05) is 54.6 Å². The SMILES string of the molecule is O=C(N[C@@H](CO)c1ccccc1)C1Cc2ccccc21. The molecule has 1 unspecified atom stereocenters. The van der Waals surface area contributed by atoms with Gasteiger partial charge < -0.3 is 10.4 Å². The van der Waals surface area contributed by atoms with E-state index in [0.717, 1.165) is 17.5 Å². The van der Waals surface area contributed by atoms with Gasteiger partial charge in [0.05, 0.1) is 18.6 Å². The number of aliphatic hydroxyl groups is 1. The highest BCUT2D eigenvalue weighted by Gasteiger charge is 2.32. The number of fused-ring (bicyclic) bond motifs is 1. The van der Waals surface area contributed by atoms with E-state index in [1.165, 1.54) is 5.56 Å². The van der Waals surface area contributed by atoms with Crippen molar-refractivity contribution in [2.75, 3.05) is 6.61 Å². The van der Waals surface area contributed by atoms with Gasteiger partial charge in [0.1, 0.15) is 0 Å². The van der Waals surface area contributed by atoms with Gasteiger partial charge >= 0.3 is 0 Å². The summed E-state index contributed by atoms with van der Waals surface area (Å²) in [5.41, 5.74) is 3.28. The van der Waals surface area contributed by atoms with Crippen LogP contribution in [0.15, 0.2) is 54.6 Å². The third-order valence-corrected chi connectivity index (χ3v) is 3.87. The Morgan fingerprint density at radius 2 is 1.85 bits per heavy atom. The van der Waals surface area contributed by atoms with Crippen LogP contribution in [0.2, 0.25) is 0 Å². The summed E-state index contributed by atoms with van der Waals surface area (Å²) in [4.78, 5) is 12.3. The number of hydrogen-bond acceptors (Lipinski definition) is 2. The number of nitrogens with one attached hydrogen (secondary N) is 1. The largest absolute Gasteiger partial charge is 0.394 e. The summed E-state index contributed by atoms with van der Waals surface area (Å²) in [6, 6.07) is 17.2. The Morgan fingerprint density at radius 3 is 2.55 bits per heavy atom. The van der Waals surface area contributed by atoms with Gasteiger partial charge in [-0.05, 0) is 23.1 Å². The van der Waals surface area contributed by atoms with Gasteiger partial charge in [0.15, 0.2) is 0 Å². The van der Waals surface area contributed by atoms with Crippen molar-refractivity contribution in [3.8, 4) is 0 Å². The van der Waals surface area contributed by atoms with Crippen LogP contribution in [0, 0.1) is 0 Å². The Labute approximate surface area is 118 Å². The molecule has 0 spiro atoms. The third kappa shape index (κ3) is 2.32. The van der Waals surface area contributed by atoms with Crippen molar-refractivity contribution in [3.05, 3.63) is 71.3 Å². The molecular formula is C17H17NO2. The predicted molar refractivity (Wildman–Crippen MR) is 77.3 cm³/mol. The number of benzene rings is 2. The molecule has 3 heteroatoms. The maximum atomic E-state index is 12.3. The molecule has 0 saturated heterocycles. The Morgan fingerprint density at radius 1 is 1.15 bits per heavy atom. The van der Waals surface area contributed by atoms with Gasteiger partial charge in [0.2, 0.25) is 5.91 Å². The van der Waals surface area contributed by atoms with Crippen molar-refractivity contribution in [1.82, 2.24) is 5.32 Å². The van der Waals surface area contributed by atoms with E-state index in [-0.39, 0.29) is 24.5 Å². The molecule has 3 nitrogen and oxygen atoms in total. The second-order valence-electron chi connectivity index (χ2n) is 5.11. The van der Waals surface area contributed by atoms with Crippen molar-refractivity contribution in [1.29, 1.82) is 0 Å². The van der Waals surface area contributed by atoms with Crippen molar-refractivity contribution in [3.63, 3.8) is 0 Å². The molecule has 3 rings (SSSR count). The fourth-order valence-corrected chi connectivity index (χ4v) is 2.68. The van der Waals surface area contributed by atoms with E-state index in [2.05, 4.69) is 11.4 Å². The van der Waals surface area contributed by atoms with Crippen LogP contribution in [-0.2, 0) is 11.2 Å². The lowest BCUT2D eigenvalue weighted by molar-refractivity contribution is -0.124. The van der Waals surface area contributed by atoms with E-state index < -0.39 is 0 Å². The molecule has 0 radical (unpaired) electrons. The molecular weight excluding hydrogens is 250 g/mol. The highest BCUT2D eigenvalue weighted by molar-refractivity contribution is 5.87. The molecule has 20 heavy (non-hydrogen) atoms. The zero-order valence-electron chi connectivity index (χ0n) is 11.1. The van der Waals surface area contributed by atoms with Crippen LogP contribution < -0.4 is 5.32 Å². The molecule has 0 aromatic heterocycles. The van der Waals surface area contributed by atoms with E-state index in [1.54, 1.807) is 0 Å². The average molecular weight is 267 g/mol. The van der Waals surface area contributed by atoms with Gasteiger partial charge in [0, 0.05) is 0 Å². The summed E-state index contributed by atoms with van der Waals surface area (Å²) in [5.74, 6) is -0.0874. The minimum absolute atomic E-state index is 0.00777. The maximum Gasteiger partial charge on any atom is 0.228 e. The van der Waals surface area contributed by atoms with Crippen molar-refractivity contribution in [2.24, 2.45) is 0 Å². The smallest absolute Gasteiger partial charge is 0.228 e. The number of carbonyl (C=O) groups excluding carboxylic acids is 1. The topological polar surface area (TPSA) is 49.3 Å². The molecule has 0 aliphatic heterocycles. The van der Waals surface area contributed by atoms with E-state index in [1.807, 2.05) is 48.5 Å². The summed E-state index contributed by atoms with van der Waals surface area (Å²) in [7, 11) is 0. The van der Waals surface area contributed by atoms with Gasteiger partial charge in [0.25, 0.3) is 0 Å². The van der Waals surface area contributed by atoms with Crippen molar-refractivity contribution < 1.29 is 9.90 Å². The molecule has 2 aromatic rings. The van der Waals surface area contributed by atoms with Crippen LogP contribution in [0.4, 0.5) is 0 Å². The van der Waals surface area contributed by atoms with Gasteiger partial charge in [-0.3, -0.25) is 4.79 Å². The van der Waals surface area contributed by atoms with Crippen molar-refractivity contribution >= 4 is 5.91 Å². The standard InChI is InChI=1S/C17H17NO2/c19-11-16(12-6-2-1-3-7-12)18-17(20)15-10-13-8-4-5-9-14(13)15/h1-9,15-16,19H,10-11H2,(H,18,20)/t15?,16-/m0/s1. The van der Waals surface area contributed by atoms with Crippen LogP contribution >= 0.6 is 0 Å². The minimum Gasteiger partial charge on any atom is -0.394 e. The maximum absolute atomic E-state index is 12.3. The normalized spacial score (nSPS) is 17.8. The Balaban J connectivity index is 1.71. The molecule has 0 heterocycles. The first kappa shape index (κ1) is 12.9. The summed E-state index contributed by atoms with van der Waals surface area (Å²) in [6.07, 6.45) is 0.787. The van der Waals surface area contributed by atoms with Crippen LogP contribution in [0.1, 0.15) is 28.7 Å². The Kier molecular flexibility index (Phi) is 3.52. The molecule has 1 aliphatic carbocycles. The lowest BCUT2D eigenvalue weighted by Gasteiger charge is -2.30. The van der Waals surface area contributed by atoms with Crippen LogP contribution in [-0.4, -0.2) is 17.6 Å². The molecule has 1 amide bonds. The highest BCUT2D eigenvalue weighted by Crippen LogP contribution is 2.35. The second kappa shape index (κ2) is 5.47. The third-order valence-electron chi connectivity index (χ3n) is 3.87. The molecule has 0 bridgehead atoms. The van der Waals surface area contributed by atoms with Gasteiger partial charge in [-0.25, -0.2) is 0 Å². The molecule has 1 aliphatic rings. The van der Waals surface area contributed by atoms with E-state index in [0.29, 0.717) is 0 Å². The second-order valence-corrected chi connectivity index (χ2v) is 5.11. The van der Waals surface area contributed by atoms with E-state index >= 15 is 0 Å². The summed E-state index contributed by atoms with van der Waals surface area (Å²) < 4.78 is 0. The first-order valence-electron chi connectivity index (χ1n) is 6.83. The molecule has 0 fully saturated rings. The van der Waals surface area contributed by atoms with Crippen LogP contribution in [0.5, 0.6) is 0 Å². The van der Waals surface area contributed by atoms with E-state index in [4.69, 9.17) is 0 Å². The fraction of sp³-hybridized carbons (Fsp3) is 0.235. The summed E-state index contributed by atoms with van der Waals surface area (Å²) in [5, 5.41) is 12.4. The number of hydrogen-bond donors (Lipinski definition) is 2. The number of aliphatic hydroxyl groups excluding tert-OH is 1. The fourth-order valence-electron chi connectivity index (χ4n) is 2.68. The lowest BCUT2D eigenvalue weighted by Crippen LogP contribution is -2.38. The quantitative estimate of drug-likeness (QED) is 0.892. The zero-order valence-corrected chi connectivity index (χ0v) is 11.1. The van der Waals surface area contributed by atoms with E-state index in [9.17, 15) is 9.90 Å². The molecule has 2 atom stereocenters. The van der Waals surface area contributed by atoms with Crippen LogP contribution in [0.3, 0.4) is 0 Å². The number of amides is 1. The van der Waals surface area contributed by atoms with Gasteiger partial charge in [-0.15, -0.1) is 0 Å². The highest BCUT2D eigenvalue weighted by atomic mass is 16.3. The Bertz CT molecular complexity index is 609. The zero-order chi connectivity index (χ0) is 13.9. The molecule has 2 N–H and O–H groups in total. The lowest BCUT2D eigenvalue weighted by atomic mass is 9.77. The number of rotatable bonds is 4. The van der Waals surface area contributed by atoms with Crippen molar-refractivity contribution in [2.45, 2.75) is 18.4 Å². The predicted octanol–water partition coefficient (Wildman–Crippen LogP) is 2.18. The monoisotopic (exact) mass is 267 g/mol. The summed E-state index contributed by atoms with van der Waals surface area (Å²) in [6.45, 7) is -0.0931. The summed E-state index contributed by atoms with van der Waals surface area (Å²) >= 11 is 0. The average Bonchev–Trinajstić information content (AvgIpc) is 2.47. The molecule has 102 valence electrons. The Hall–Kier alpha value is -2.13. The van der Waals surface area contributed by atoms with Gasteiger partial charge in [-0.2, -0.15) is 0 Å². The minimum atomic E-state index is -0.337. The molecule has 0 saturated carbocycles. The number of carbonyl (C=O) groups is 1. The van der Waals surface area contributed by atoms with Crippen LogP contribution in [0.25, 0.3) is 0 Å².